The minimum Gasteiger partial charge on any atom is -0.460 e. The molecule has 1 aromatic heterocycles. The molecule has 0 saturated carbocycles. The number of likely N-dealkylation sites (N-methyl/N-ethyl adjacent to an activating group) is 1. The van der Waals surface area contributed by atoms with Crippen molar-refractivity contribution >= 4 is 23.6 Å². The predicted molar refractivity (Wildman–Crippen MR) is 209 cm³/mol. The fourth-order valence-electron chi connectivity index (χ4n) is 7.79. The summed E-state index contributed by atoms with van der Waals surface area (Å²) in [6, 6.07) is 10.7. The lowest BCUT2D eigenvalue weighted by molar-refractivity contribution is -0.161. The van der Waals surface area contributed by atoms with Crippen LogP contribution < -0.4 is 0 Å². The van der Waals surface area contributed by atoms with Crippen molar-refractivity contribution in [2.24, 2.45) is 29.6 Å². The molecule has 2 heterocycles. The minimum absolute atomic E-state index is 0.00195. The molecule has 1 aromatic carbocycles. The average Bonchev–Trinajstić information content (AvgIpc) is 3.62. The van der Waals surface area contributed by atoms with E-state index in [0.29, 0.717) is 31.6 Å². The predicted octanol–water partition coefficient (Wildman–Crippen LogP) is 6.37. The van der Waals surface area contributed by atoms with Crippen molar-refractivity contribution in [3.05, 3.63) is 60.2 Å². The molecule has 0 spiro atoms. The Hall–Kier alpha value is -3.70. The van der Waals surface area contributed by atoms with Crippen LogP contribution in [0.15, 0.2) is 48.8 Å². The monoisotopic (exact) mass is 750 g/mol. The standard InChI is InChI=1S/C43H66N4O7/c1-12-29(4)39(46(9)41(50)33(28(2)3)26-37-44-21-17-22-45-37)36(52-10)27-38(49)47-23-16-20-34(47)40(53-11)30(5)35(48)25-32(42(51)54-43(6,7)8)24-31-18-14-13-15-19-31/h13-15,17-19,21-22,28-30,32-34,36,39-40H,12,16,20,23-27H2,1-11H3/t29-,30-,32+,33-,34-,36+,39-,40+/m0/s1. The largest absolute Gasteiger partial charge is 0.460 e. The van der Waals surface area contributed by atoms with E-state index in [2.05, 4.69) is 23.8 Å². The summed E-state index contributed by atoms with van der Waals surface area (Å²) in [4.78, 5) is 68.1. The van der Waals surface area contributed by atoms with Gasteiger partial charge >= 0.3 is 5.97 Å². The van der Waals surface area contributed by atoms with E-state index in [-0.39, 0.29) is 60.3 Å². The number of hydrogen-bond acceptors (Lipinski definition) is 9. The quantitative estimate of drug-likeness (QED) is 0.142. The molecule has 11 nitrogen and oxygen atoms in total. The summed E-state index contributed by atoms with van der Waals surface area (Å²) in [6.45, 7) is 16.0. The molecule has 2 aromatic rings. The summed E-state index contributed by atoms with van der Waals surface area (Å²) in [7, 11) is 4.99. The fraction of sp³-hybridized carbons (Fsp3) is 0.674. The van der Waals surface area contributed by atoms with Crippen molar-refractivity contribution in [3.8, 4) is 0 Å². The van der Waals surface area contributed by atoms with Crippen molar-refractivity contribution in [2.45, 2.75) is 130 Å². The average molecular weight is 751 g/mol. The molecule has 8 atom stereocenters. The first kappa shape index (κ1) is 44.7. The van der Waals surface area contributed by atoms with Crippen LogP contribution in [0.5, 0.6) is 0 Å². The van der Waals surface area contributed by atoms with Gasteiger partial charge in [-0.2, -0.15) is 0 Å². The van der Waals surface area contributed by atoms with Gasteiger partial charge in [-0.05, 0) is 63.5 Å². The number of hydrogen-bond donors (Lipinski definition) is 0. The SMILES string of the molecule is CC[C@H](C)[C@@H]([C@@H](CC(=O)N1CCC[C@H]1[C@H](OC)[C@@H](C)C(=O)C[C@@H](Cc1ccccc1)C(=O)OC(C)(C)C)OC)N(C)C(=O)[C@@H](Cc1ncccn1)C(C)C. The highest BCUT2D eigenvalue weighted by molar-refractivity contribution is 5.87. The molecule has 0 N–H and O–H groups in total. The Balaban J connectivity index is 1.79. The van der Waals surface area contributed by atoms with E-state index in [9.17, 15) is 19.2 Å². The molecule has 300 valence electrons. The molecule has 1 aliphatic heterocycles. The second-order valence-corrected chi connectivity index (χ2v) is 16.4. The Labute approximate surface area is 323 Å². The molecule has 0 radical (unpaired) electrons. The van der Waals surface area contributed by atoms with Gasteiger partial charge in [0.15, 0.2) is 0 Å². The molecule has 1 fully saturated rings. The van der Waals surface area contributed by atoms with Gasteiger partial charge in [0, 0.05) is 64.9 Å². The summed E-state index contributed by atoms with van der Waals surface area (Å²) < 4.78 is 17.8. The first-order valence-corrected chi connectivity index (χ1v) is 19.7. The molecular formula is C43H66N4O7. The number of carbonyl (C=O) groups is 4. The van der Waals surface area contributed by atoms with Crippen LogP contribution >= 0.6 is 0 Å². The highest BCUT2D eigenvalue weighted by Gasteiger charge is 2.43. The van der Waals surface area contributed by atoms with Gasteiger partial charge in [0.1, 0.15) is 17.2 Å². The third kappa shape index (κ3) is 12.4. The molecule has 3 rings (SSSR count). The number of ketones is 1. The number of methoxy groups -OCH3 is 2. The van der Waals surface area contributed by atoms with Gasteiger partial charge in [-0.3, -0.25) is 19.2 Å². The third-order valence-corrected chi connectivity index (χ3v) is 11.0. The van der Waals surface area contributed by atoms with Gasteiger partial charge in [-0.25, -0.2) is 9.97 Å². The molecular weight excluding hydrogens is 684 g/mol. The molecule has 1 aliphatic rings. The van der Waals surface area contributed by atoms with Crippen LogP contribution in [0.4, 0.5) is 0 Å². The summed E-state index contributed by atoms with van der Waals surface area (Å²) in [6.07, 6.45) is 5.36. The summed E-state index contributed by atoms with van der Waals surface area (Å²) in [5.74, 6) is -1.52. The number of nitrogens with zero attached hydrogens (tertiary/aromatic N) is 4. The number of benzene rings is 1. The minimum atomic E-state index is -0.691. The smallest absolute Gasteiger partial charge is 0.310 e. The van der Waals surface area contributed by atoms with Gasteiger partial charge in [0.2, 0.25) is 11.8 Å². The Bertz CT molecular complexity index is 1480. The zero-order valence-electron chi connectivity index (χ0n) is 34.6. The molecule has 54 heavy (non-hydrogen) atoms. The highest BCUT2D eigenvalue weighted by atomic mass is 16.6. The van der Waals surface area contributed by atoms with Crippen LogP contribution in [0.25, 0.3) is 0 Å². The molecule has 1 saturated heterocycles. The van der Waals surface area contributed by atoms with Crippen LogP contribution in [0, 0.1) is 29.6 Å². The first-order chi connectivity index (χ1) is 25.5. The number of Topliss-reactive ketones (excluding diaryl/α,β-unsaturated/α-hetero) is 1. The van der Waals surface area contributed by atoms with Crippen molar-refractivity contribution in [1.29, 1.82) is 0 Å². The van der Waals surface area contributed by atoms with Crippen LogP contribution in [0.3, 0.4) is 0 Å². The molecule has 0 unspecified atom stereocenters. The van der Waals surface area contributed by atoms with Crippen LogP contribution in [-0.2, 0) is 46.2 Å². The number of carbonyl (C=O) groups excluding carboxylic acids is 4. The van der Waals surface area contributed by atoms with E-state index >= 15 is 0 Å². The van der Waals surface area contributed by atoms with Crippen molar-refractivity contribution in [3.63, 3.8) is 0 Å². The van der Waals surface area contributed by atoms with E-state index in [1.807, 2.05) is 83.8 Å². The molecule has 2 amide bonds. The number of esters is 1. The molecule has 0 bridgehead atoms. The van der Waals surface area contributed by atoms with Crippen molar-refractivity contribution in [2.75, 3.05) is 27.8 Å². The highest BCUT2D eigenvalue weighted by Crippen LogP contribution is 2.32. The van der Waals surface area contributed by atoms with E-state index in [1.54, 1.807) is 37.6 Å². The Morgan fingerprint density at radius 3 is 2.13 bits per heavy atom. The number of ether oxygens (including phenoxy) is 3. The second-order valence-electron chi connectivity index (χ2n) is 16.4. The van der Waals surface area contributed by atoms with Gasteiger partial charge in [0.05, 0.1) is 36.6 Å². The zero-order valence-corrected chi connectivity index (χ0v) is 34.6. The summed E-state index contributed by atoms with van der Waals surface area (Å²) >= 11 is 0. The summed E-state index contributed by atoms with van der Waals surface area (Å²) in [5.41, 5.74) is 0.259. The number of likely N-dealkylation sites (tertiary alicyclic amines) is 1. The van der Waals surface area contributed by atoms with E-state index < -0.39 is 35.6 Å². The maximum absolute atomic E-state index is 14.3. The lowest BCUT2D eigenvalue weighted by atomic mass is 9.85. The van der Waals surface area contributed by atoms with E-state index in [4.69, 9.17) is 14.2 Å². The van der Waals surface area contributed by atoms with Gasteiger partial charge in [-0.15, -0.1) is 0 Å². The van der Waals surface area contributed by atoms with Crippen LogP contribution in [0.2, 0.25) is 0 Å². The normalized spacial score (nSPS) is 18.7. The topological polar surface area (TPSA) is 128 Å². The maximum Gasteiger partial charge on any atom is 0.310 e. The van der Waals surface area contributed by atoms with Gasteiger partial charge in [-0.1, -0.05) is 71.4 Å². The summed E-state index contributed by atoms with van der Waals surface area (Å²) in [5, 5.41) is 0. The fourth-order valence-corrected chi connectivity index (χ4v) is 7.79. The Kier molecular flexibility index (Phi) is 17.2. The molecule has 11 heteroatoms. The van der Waals surface area contributed by atoms with Crippen molar-refractivity contribution < 1.29 is 33.4 Å². The first-order valence-electron chi connectivity index (χ1n) is 19.7. The van der Waals surface area contributed by atoms with Gasteiger partial charge < -0.3 is 24.0 Å². The van der Waals surface area contributed by atoms with E-state index in [0.717, 1.165) is 18.4 Å². The van der Waals surface area contributed by atoms with E-state index in [1.165, 1.54) is 0 Å². The zero-order chi connectivity index (χ0) is 40.2. The Morgan fingerprint density at radius 1 is 0.926 bits per heavy atom. The van der Waals surface area contributed by atoms with Gasteiger partial charge in [0.25, 0.3) is 0 Å². The van der Waals surface area contributed by atoms with Crippen LogP contribution in [-0.4, -0.2) is 101 Å². The third-order valence-electron chi connectivity index (χ3n) is 11.0. The lowest BCUT2D eigenvalue weighted by Crippen LogP contribution is -2.54. The maximum atomic E-state index is 14.3. The number of rotatable bonds is 20. The number of amides is 2. The number of aromatic nitrogens is 2. The molecule has 0 aliphatic carbocycles. The van der Waals surface area contributed by atoms with Crippen molar-refractivity contribution in [1.82, 2.24) is 19.8 Å². The second kappa shape index (κ2) is 20.8. The Morgan fingerprint density at radius 2 is 1.57 bits per heavy atom. The van der Waals surface area contributed by atoms with Crippen LogP contribution in [0.1, 0.15) is 98.9 Å². The lowest BCUT2D eigenvalue weighted by Gasteiger charge is -2.40.